The van der Waals surface area contributed by atoms with E-state index in [9.17, 15) is 10.2 Å². The fourth-order valence-electron chi connectivity index (χ4n) is 4.26. The SMILES string of the molecule is COc1cc(C)c(OC)c(CC=C(C)CC(O)C=C(C)CCC=C(C)C(O)CC2OC2(C)C)c1. The van der Waals surface area contributed by atoms with Crippen molar-refractivity contribution in [3.8, 4) is 11.5 Å². The van der Waals surface area contributed by atoms with Gasteiger partial charge >= 0.3 is 0 Å². The summed E-state index contributed by atoms with van der Waals surface area (Å²) in [5, 5.41) is 20.9. The highest BCUT2D eigenvalue weighted by Gasteiger charge is 2.48. The summed E-state index contributed by atoms with van der Waals surface area (Å²) in [6.45, 7) is 12.2. The third-order valence-electron chi connectivity index (χ3n) is 6.58. The molecule has 1 aliphatic heterocycles. The average Bonchev–Trinajstić information content (AvgIpc) is 3.36. The third-order valence-corrected chi connectivity index (χ3v) is 6.58. The normalized spacial score (nSPS) is 20.2. The van der Waals surface area contributed by atoms with Crippen LogP contribution in [0, 0.1) is 6.92 Å². The lowest BCUT2D eigenvalue weighted by molar-refractivity contribution is 0.184. The molecular weight excluding hydrogens is 428 g/mol. The van der Waals surface area contributed by atoms with Crippen molar-refractivity contribution in [3.63, 3.8) is 0 Å². The van der Waals surface area contributed by atoms with Gasteiger partial charge in [-0.3, -0.25) is 0 Å². The van der Waals surface area contributed by atoms with E-state index in [1.165, 1.54) is 0 Å². The minimum atomic E-state index is -0.518. The van der Waals surface area contributed by atoms with E-state index >= 15 is 0 Å². The zero-order valence-electron chi connectivity index (χ0n) is 22.3. The first-order chi connectivity index (χ1) is 16.0. The van der Waals surface area contributed by atoms with Gasteiger partial charge in [0.1, 0.15) is 11.5 Å². The van der Waals surface area contributed by atoms with Crippen molar-refractivity contribution in [1.82, 2.24) is 0 Å². The van der Waals surface area contributed by atoms with Gasteiger partial charge in [0, 0.05) is 12.0 Å². The van der Waals surface area contributed by atoms with Crippen LogP contribution in [0.4, 0.5) is 0 Å². The molecule has 1 aromatic rings. The maximum absolute atomic E-state index is 10.5. The second-order valence-electron chi connectivity index (χ2n) is 10.1. The number of ether oxygens (including phenoxy) is 3. The van der Waals surface area contributed by atoms with Crippen molar-refractivity contribution in [2.75, 3.05) is 14.2 Å². The van der Waals surface area contributed by atoms with E-state index in [-0.39, 0.29) is 11.7 Å². The van der Waals surface area contributed by atoms with Crippen LogP contribution in [-0.2, 0) is 11.2 Å². The molecule has 34 heavy (non-hydrogen) atoms. The van der Waals surface area contributed by atoms with Gasteiger partial charge < -0.3 is 24.4 Å². The van der Waals surface area contributed by atoms with Crippen LogP contribution < -0.4 is 9.47 Å². The monoisotopic (exact) mass is 472 g/mol. The first-order valence-corrected chi connectivity index (χ1v) is 12.2. The van der Waals surface area contributed by atoms with Gasteiger partial charge in [-0.05, 0) is 90.5 Å². The molecule has 0 amide bonds. The van der Waals surface area contributed by atoms with Gasteiger partial charge in [0.2, 0.25) is 0 Å². The van der Waals surface area contributed by atoms with E-state index in [2.05, 4.69) is 26.0 Å². The van der Waals surface area contributed by atoms with Crippen molar-refractivity contribution >= 4 is 0 Å². The number of epoxide rings is 1. The Labute approximate surface area is 206 Å². The van der Waals surface area contributed by atoms with Gasteiger partial charge in [0.05, 0.1) is 38.1 Å². The Morgan fingerprint density at radius 3 is 2.35 bits per heavy atom. The third kappa shape index (κ3) is 8.61. The minimum Gasteiger partial charge on any atom is -0.497 e. The van der Waals surface area contributed by atoms with Crippen molar-refractivity contribution in [3.05, 3.63) is 58.2 Å². The standard InChI is InChI=1S/C29H44O5/c1-19(10-9-11-21(3)26(31)18-27-29(5,6)34-27)14-24(30)15-20(2)12-13-23-17-25(32-7)16-22(4)28(23)33-8/h11-12,14,16-17,24,26-27,30-31H,9-10,13,15,18H2,1-8H3. The van der Waals surface area contributed by atoms with Crippen LogP contribution in [0.3, 0.4) is 0 Å². The predicted molar refractivity (Wildman–Crippen MR) is 139 cm³/mol. The summed E-state index contributed by atoms with van der Waals surface area (Å²) in [5.74, 6) is 1.70. The average molecular weight is 473 g/mol. The van der Waals surface area contributed by atoms with Crippen LogP contribution >= 0.6 is 0 Å². The quantitative estimate of drug-likeness (QED) is 0.278. The molecule has 1 fully saturated rings. The molecular formula is C29H44O5. The summed E-state index contributed by atoms with van der Waals surface area (Å²) < 4.78 is 16.5. The molecule has 190 valence electrons. The first kappa shape index (κ1) is 28.2. The van der Waals surface area contributed by atoms with Crippen molar-refractivity contribution in [2.24, 2.45) is 0 Å². The summed E-state index contributed by atoms with van der Waals surface area (Å²) in [7, 11) is 3.35. The molecule has 0 aliphatic carbocycles. The highest BCUT2D eigenvalue weighted by molar-refractivity contribution is 5.47. The van der Waals surface area contributed by atoms with E-state index in [0.29, 0.717) is 12.8 Å². The molecule has 5 heteroatoms. The summed E-state index contributed by atoms with van der Waals surface area (Å²) in [6.07, 6.45) is 9.01. The molecule has 0 radical (unpaired) electrons. The number of rotatable bonds is 13. The van der Waals surface area contributed by atoms with Crippen molar-refractivity contribution in [1.29, 1.82) is 0 Å². The Balaban J connectivity index is 1.84. The zero-order chi connectivity index (χ0) is 25.5. The molecule has 1 heterocycles. The number of aliphatic hydroxyl groups is 2. The van der Waals surface area contributed by atoms with Gasteiger partial charge in [0.15, 0.2) is 0 Å². The second-order valence-corrected chi connectivity index (χ2v) is 10.1. The molecule has 2 N–H and O–H groups in total. The Bertz CT molecular complexity index is 909. The highest BCUT2D eigenvalue weighted by atomic mass is 16.6. The maximum atomic E-state index is 10.5. The molecule has 2 rings (SSSR count). The molecule has 1 aliphatic rings. The van der Waals surface area contributed by atoms with E-state index in [1.54, 1.807) is 14.2 Å². The van der Waals surface area contributed by atoms with E-state index in [4.69, 9.17) is 14.2 Å². The van der Waals surface area contributed by atoms with Crippen molar-refractivity contribution < 1.29 is 24.4 Å². The number of aliphatic hydroxyl groups excluding tert-OH is 2. The van der Waals surface area contributed by atoms with Gasteiger partial charge in [-0.25, -0.2) is 0 Å². The topological polar surface area (TPSA) is 71.5 Å². The molecule has 3 atom stereocenters. The van der Waals surface area contributed by atoms with Crippen LogP contribution in [0.1, 0.15) is 71.4 Å². The number of allylic oxidation sites excluding steroid dienone is 3. The van der Waals surface area contributed by atoms with Crippen molar-refractivity contribution in [2.45, 2.75) is 97.6 Å². The van der Waals surface area contributed by atoms with Crippen LogP contribution in [-0.4, -0.2) is 48.3 Å². The number of aryl methyl sites for hydroxylation is 1. The van der Waals surface area contributed by atoms with Crippen LogP contribution in [0.25, 0.3) is 0 Å². The minimum absolute atomic E-state index is 0.0950. The highest BCUT2D eigenvalue weighted by Crippen LogP contribution is 2.39. The fraction of sp³-hybridized carbons (Fsp3) is 0.586. The smallest absolute Gasteiger partial charge is 0.125 e. The van der Waals surface area contributed by atoms with Gasteiger partial charge in [0.25, 0.3) is 0 Å². The summed E-state index contributed by atoms with van der Waals surface area (Å²) in [6, 6.07) is 3.97. The molecule has 1 saturated heterocycles. The van der Waals surface area contributed by atoms with Crippen LogP contribution in [0.15, 0.2) is 47.1 Å². The number of benzene rings is 1. The zero-order valence-corrected chi connectivity index (χ0v) is 22.3. The molecule has 5 nitrogen and oxygen atoms in total. The van der Waals surface area contributed by atoms with Gasteiger partial charge in [-0.15, -0.1) is 0 Å². The lowest BCUT2D eigenvalue weighted by atomic mass is 9.99. The second kappa shape index (κ2) is 12.6. The molecule has 0 aromatic heterocycles. The number of hydrogen-bond acceptors (Lipinski definition) is 5. The summed E-state index contributed by atoms with van der Waals surface area (Å²) >= 11 is 0. The van der Waals surface area contributed by atoms with E-state index in [0.717, 1.165) is 58.6 Å². The predicted octanol–water partition coefficient (Wildman–Crippen LogP) is 5.85. The molecule has 1 aromatic carbocycles. The number of methoxy groups -OCH3 is 2. The lowest BCUT2D eigenvalue weighted by Crippen LogP contribution is -2.15. The van der Waals surface area contributed by atoms with Crippen LogP contribution in [0.5, 0.6) is 11.5 Å². The van der Waals surface area contributed by atoms with E-state index in [1.807, 2.05) is 45.9 Å². The Morgan fingerprint density at radius 2 is 1.76 bits per heavy atom. The molecule has 3 unspecified atom stereocenters. The van der Waals surface area contributed by atoms with Crippen LogP contribution in [0.2, 0.25) is 0 Å². The molecule has 0 spiro atoms. The first-order valence-electron chi connectivity index (χ1n) is 12.2. The lowest BCUT2D eigenvalue weighted by Gasteiger charge is -2.13. The van der Waals surface area contributed by atoms with Gasteiger partial charge in [-0.2, -0.15) is 0 Å². The largest absolute Gasteiger partial charge is 0.497 e. The van der Waals surface area contributed by atoms with E-state index < -0.39 is 12.2 Å². The fourth-order valence-corrected chi connectivity index (χ4v) is 4.26. The Morgan fingerprint density at radius 1 is 1.09 bits per heavy atom. The molecule has 0 bridgehead atoms. The Hall–Kier alpha value is -2.08. The molecule has 0 saturated carbocycles. The summed E-state index contributed by atoms with van der Waals surface area (Å²) in [4.78, 5) is 0. The maximum Gasteiger partial charge on any atom is 0.125 e. The Kier molecular flexibility index (Phi) is 10.4. The summed E-state index contributed by atoms with van der Waals surface area (Å²) in [5.41, 5.74) is 5.28. The number of hydrogen-bond donors (Lipinski definition) is 2. The van der Waals surface area contributed by atoms with Gasteiger partial charge in [-0.1, -0.05) is 29.4 Å².